The summed E-state index contributed by atoms with van der Waals surface area (Å²) in [5.41, 5.74) is 1.73. The van der Waals surface area contributed by atoms with Crippen LogP contribution in [-0.4, -0.2) is 27.9 Å². The Morgan fingerprint density at radius 1 is 0.792 bits per heavy atom. The van der Waals surface area contributed by atoms with Gasteiger partial charge in [0.15, 0.2) is 0 Å². The molecule has 2 nitrogen and oxygen atoms in total. The summed E-state index contributed by atoms with van der Waals surface area (Å²) in [7, 11) is 1.82. The van der Waals surface area contributed by atoms with Crippen LogP contribution in [0.1, 0.15) is 51.9 Å². The van der Waals surface area contributed by atoms with Gasteiger partial charge in [0.1, 0.15) is 0 Å². The van der Waals surface area contributed by atoms with E-state index in [2.05, 4.69) is 5.82 Å². The summed E-state index contributed by atoms with van der Waals surface area (Å²) in [5, 5.41) is 0. The maximum absolute atomic E-state index is 12.5. The molecular formula is C21H33NOSe. The number of rotatable bonds is 3. The quantitative estimate of drug-likeness (QED) is 0.637. The maximum atomic E-state index is 12.5. The van der Waals surface area contributed by atoms with E-state index in [1.807, 2.05) is 103 Å². The topological polar surface area (TPSA) is 20.3 Å². The van der Waals surface area contributed by atoms with Crippen LogP contribution < -0.4 is 9.36 Å². The predicted octanol–water partition coefficient (Wildman–Crippen LogP) is 5.42. The molecule has 2 aromatic rings. The van der Waals surface area contributed by atoms with Crippen LogP contribution in [0.4, 0.5) is 5.69 Å². The van der Waals surface area contributed by atoms with Gasteiger partial charge in [-0.15, -0.1) is 0 Å². The molecule has 0 unspecified atom stereocenters. The molecule has 24 heavy (non-hydrogen) atoms. The number of carbonyl (C=O) groups is 1. The molecule has 0 bridgehead atoms. The molecule has 0 N–H and O–H groups in total. The fraction of sp³-hybridized carbons (Fsp3) is 0.381. The van der Waals surface area contributed by atoms with Crippen molar-refractivity contribution in [3.05, 3.63) is 60.2 Å². The summed E-state index contributed by atoms with van der Waals surface area (Å²) >= 11 is 0.323. The first-order chi connectivity index (χ1) is 11.7. The van der Waals surface area contributed by atoms with Crippen molar-refractivity contribution in [2.45, 2.75) is 47.4 Å². The molecule has 0 fully saturated rings. The zero-order valence-corrected chi connectivity index (χ0v) is 18.2. The van der Waals surface area contributed by atoms with E-state index in [0.717, 1.165) is 15.7 Å². The summed E-state index contributed by atoms with van der Waals surface area (Å²) in [5.74, 6) is 2.18. The Kier molecular flexibility index (Phi) is 16.8. The van der Waals surface area contributed by atoms with Crippen molar-refractivity contribution in [2.24, 2.45) is 0 Å². The predicted molar refractivity (Wildman–Crippen MR) is 111 cm³/mol. The monoisotopic (exact) mass is 395 g/mol. The van der Waals surface area contributed by atoms with E-state index >= 15 is 0 Å². The molecule has 0 atom stereocenters. The first-order valence-corrected chi connectivity index (χ1v) is 11.3. The van der Waals surface area contributed by atoms with Crippen molar-refractivity contribution >= 4 is 31.0 Å². The van der Waals surface area contributed by atoms with E-state index in [1.165, 1.54) is 0 Å². The van der Waals surface area contributed by atoms with E-state index in [1.54, 1.807) is 4.90 Å². The summed E-state index contributed by atoms with van der Waals surface area (Å²) in [6.45, 7) is 12.0. The van der Waals surface area contributed by atoms with Gasteiger partial charge in [-0.25, -0.2) is 0 Å². The van der Waals surface area contributed by atoms with Crippen molar-refractivity contribution in [1.82, 2.24) is 0 Å². The molecule has 0 heterocycles. The SMILES string of the molecule is CC.CC.CC.C[Se]c1ccccc1C(=O)N(C)c1ccccc1. The number of hydrogen-bond donors (Lipinski definition) is 0. The number of anilines is 1. The molecule has 134 valence electrons. The minimum atomic E-state index is 0.0560. The summed E-state index contributed by atoms with van der Waals surface area (Å²) in [4.78, 5) is 14.2. The standard InChI is InChI=1S/C15H15NOSe.3C2H6/c1-16(12-8-4-3-5-9-12)15(17)13-10-6-7-11-14(13)18-2;3*1-2/h3-11H,1-2H3;3*1-2H3. The Hall–Kier alpha value is -1.57. The van der Waals surface area contributed by atoms with E-state index < -0.39 is 0 Å². The number of benzene rings is 2. The van der Waals surface area contributed by atoms with Gasteiger partial charge in [0.2, 0.25) is 0 Å². The molecule has 0 aliphatic heterocycles. The van der Waals surface area contributed by atoms with Crippen molar-refractivity contribution in [2.75, 3.05) is 11.9 Å². The number of para-hydroxylation sites is 1. The second-order valence-electron chi connectivity index (χ2n) is 3.90. The molecule has 0 spiro atoms. The molecular weight excluding hydrogens is 361 g/mol. The minimum absolute atomic E-state index is 0.0560. The van der Waals surface area contributed by atoms with Gasteiger partial charge in [-0.1, -0.05) is 41.5 Å². The van der Waals surface area contributed by atoms with Gasteiger partial charge in [0, 0.05) is 0 Å². The van der Waals surface area contributed by atoms with Crippen molar-refractivity contribution in [3.8, 4) is 0 Å². The van der Waals surface area contributed by atoms with Gasteiger partial charge in [0.25, 0.3) is 0 Å². The molecule has 0 radical (unpaired) electrons. The Labute approximate surface area is 155 Å². The summed E-state index contributed by atoms with van der Waals surface area (Å²) in [6, 6.07) is 17.6. The number of carbonyl (C=O) groups excluding carboxylic acids is 1. The zero-order valence-electron chi connectivity index (χ0n) is 16.5. The first-order valence-electron chi connectivity index (χ1n) is 8.70. The van der Waals surface area contributed by atoms with Crippen LogP contribution in [0.5, 0.6) is 0 Å². The van der Waals surface area contributed by atoms with Crippen molar-refractivity contribution < 1.29 is 4.79 Å². The van der Waals surface area contributed by atoms with Gasteiger partial charge < -0.3 is 0 Å². The molecule has 2 aromatic carbocycles. The molecule has 0 aliphatic carbocycles. The van der Waals surface area contributed by atoms with Gasteiger partial charge in [-0.3, -0.25) is 0 Å². The summed E-state index contributed by atoms with van der Waals surface area (Å²) in [6.07, 6.45) is 0. The van der Waals surface area contributed by atoms with E-state index in [4.69, 9.17) is 0 Å². The molecule has 2 rings (SSSR count). The molecule has 0 saturated carbocycles. The van der Waals surface area contributed by atoms with Gasteiger partial charge in [0.05, 0.1) is 0 Å². The Balaban J connectivity index is 0. The van der Waals surface area contributed by atoms with Crippen LogP contribution in [0.3, 0.4) is 0 Å². The van der Waals surface area contributed by atoms with Crippen LogP contribution in [0, 0.1) is 0 Å². The Morgan fingerprint density at radius 2 is 1.25 bits per heavy atom. The average molecular weight is 394 g/mol. The molecule has 3 heteroatoms. The van der Waals surface area contributed by atoms with Crippen LogP contribution in [-0.2, 0) is 0 Å². The van der Waals surface area contributed by atoms with Crippen LogP contribution in [0.25, 0.3) is 0 Å². The zero-order chi connectivity index (χ0) is 19.0. The third-order valence-electron chi connectivity index (χ3n) is 2.79. The van der Waals surface area contributed by atoms with Crippen LogP contribution in [0.15, 0.2) is 54.6 Å². The third-order valence-corrected chi connectivity index (χ3v) is 4.46. The summed E-state index contributed by atoms with van der Waals surface area (Å²) < 4.78 is 1.15. The number of amides is 1. The number of nitrogens with zero attached hydrogens (tertiary/aromatic N) is 1. The van der Waals surface area contributed by atoms with Crippen molar-refractivity contribution in [1.29, 1.82) is 0 Å². The molecule has 0 saturated heterocycles. The number of hydrogen-bond acceptors (Lipinski definition) is 1. The Bertz CT molecular complexity index is 541. The van der Waals surface area contributed by atoms with E-state index in [0.29, 0.717) is 15.0 Å². The fourth-order valence-corrected chi connectivity index (χ4v) is 3.01. The second kappa shape index (κ2) is 16.3. The fourth-order valence-electron chi connectivity index (χ4n) is 1.77. The third kappa shape index (κ3) is 7.81. The van der Waals surface area contributed by atoms with Gasteiger partial charge in [-0.2, -0.15) is 0 Å². The van der Waals surface area contributed by atoms with Gasteiger partial charge >= 0.3 is 114 Å². The normalized spacial score (nSPS) is 8.33. The first kappa shape index (κ1) is 24.7. The second-order valence-corrected chi connectivity index (χ2v) is 5.68. The van der Waals surface area contributed by atoms with Crippen LogP contribution >= 0.6 is 0 Å². The van der Waals surface area contributed by atoms with Crippen LogP contribution in [0.2, 0.25) is 5.82 Å². The molecule has 0 aliphatic rings. The average Bonchev–Trinajstić information content (AvgIpc) is 2.72. The molecule has 1 amide bonds. The van der Waals surface area contributed by atoms with E-state index in [9.17, 15) is 4.79 Å². The van der Waals surface area contributed by atoms with Gasteiger partial charge in [-0.05, 0) is 0 Å². The van der Waals surface area contributed by atoms with Crippen molar-refractivity contribution in [3.63, 3.8) is 0 Å². The van der Waals surface area contributed by atoms with E-state index in [-0.39, 0.29) is 5.91 Å². The Morgan fingerprint density at radius 3 is 1.75 bits per heavy atom. The molecule has 0 aromatic heterocycles.